The second kappa shape index (κ2) is 8.09. The molecule has 0 spiro atoms. The van der Waals surface area contributed by atoms with Gasteiger partial charge in [0.05, 0.1) is 17.0 Å². The molecule has 0 saturated carbocycles. The van der Waals surface area contributed by atoms with E-state index in [1.807, 2.05) is 48.8 Å². The Bertz CT molecular complexity index is 1180. The molecule has 0 fully saturated rings. The second-order valence-corrected chi connectivity index (χ2v) is 8.08. The van der Waals surface area contributed by atoms with E-state index in [1.54, 1.807) is 6.20 Å². The number of rotatable bonds is 5. The fourth-order valence-corrected chi connectivity index (χ4v) is 3.84. The van der Waals surface area contributed by atoms with Crippen molar-refractivity contribution in [2.24, 2.45) is 0 Å². The van der Waals surface area contributed by atoms with Crippen LogP contribution in [0, 0.1) is 20.8 Å². The number of thioether (sulfide) groups is 1. The summed E-state index contributed by atoms with van der Waals surface area (Å²) in [5, 5.41) is 8.43. The van der Waals surface area contributed by atoms with Gasteiger partial charge in [-0.05, 0) is 44.0 Å². The maximum absolute atomic E-state index is 12.5. The number of amides is 1. The fraction of sp³-hybridized carbons (Fsp3) is 0.174. The first kappa shape index (κ1) is 19.2. The minimum atomic E-state index is -0.0502. The van der Waals surface area contributed by atoms with Gasteiger partial charge in [-0.25, -0.2) is 9.50 Å². The zero-order valence-electron chi connectivity index (χ0n) is 16.6. The average Bonchev–Trinajstić information content (AvgIpc) is 3.14. The van der Waals surface area contributed by atoms with E-state index in [9.17, 15) is 4.79 Å². The standard InChI is InChI=1S/C23H22N4OS/c1-15-5-8-18(9-6-15)20-13-21-23(24-10-11-27(21)26-20)29-14-22(28)25-19-12-16(2)4-7-17(19)3/h4-13H,14H2,1-3H3,(H,25,28). The highest BCUT2D eigenvalue weighted by Crippen LogP contribution is 2.26. The van der Waals surface area contributed by atoms with E-state index in [0.29, 0.717) is 0 Å². The van der Waals surface area contributed by atoms with Crippen LogP contribution in [0.5, 0.6) is 0 Å². The molecule has 6 heteroatoms. The van der Waals surface area contributed by atoms with Gasteiger partial charge in [-0.1, -0.05) is 53.7 Å². The van der Waals surface area contributed by atoms with Crippen LogP contribution in [0.3, 0.4) is 0 Å². The number of aromatic nitrogens is 3. The van der Waals surface area contributed by atoms with Crippen molar-refractivity contribution in [3.05, 3.63) is 77.6 Å². The number of carbonyl (C=O) groups is 1. The van der Waals surface area contributed by atoms with Crippen LogP contribution in [-0.4, -0.2) is 26.3 Å². The summed E-state index contributed by atoms with van der Waals surface area (Å²) in [5.41, 5.74) is 7.08. The lowest BCUT2D eigenvalue weighted by Crippen LogP contribution is -2.15. The lowest BCUT2D eigenvalue weighted by molar-refractivity contribution is -0.113. The molecule has 0 saturated heterocycles. The number of hydrogen-bond donors (Lipinski definition) is 1. The van der Waals surface area contributed by atoms with Crippen LogP contribution < -0.4 is 5.32 Å². The van der Waals surface area contributed by atoms with Crippen LogP contribution in [0.4, 0.5) is 5.69 Å². The molecule has 0 bridgehead atoms. The molecule has 5 nitrogen and oxygen atoms in total. The molecule has 146 valence electrons. The lowest BCUT2D eigenvalue weighted by atomic mass is 10.1. The molecule has 4 rings (SSSR count). The molecule has 2 aromatic carbocycles. The maximum atomic E-state index is 12.5. The Balaban J connectivity index is 1.51. The van der Waals surface area contributed by atoms with Gasteiger partial charge in [0.1, 0.15) is 5.03 Å². The Kier molecular flexibility index (Phi) is 5.36. The van der Waals surface area contributed by atoms with Gasteiger partial charge in [-0.3, -0.25) is 4.79 Å². The van der Waals surface area contributed by atoms with Crippen LogP contribution in [-0.2, 0) is 4.79 Å². The van der Waals surface area contributed by atoms with E-state index >= 15 is 0 Å². The van der Waals surface area contributed by atoms with E-state index in [0.717, 1.165) is 38.6 Å². The summed E-state index contributed by atoms with van der Waals surface area (Å²) in [6.07, 6.45) is 3.54. The first-order valence-electron chi connectivity index (χ1n) is 9.41. The topological polar surface area (TPSA) is 59.3 Å². The number of hydrogen-bond acceptors (Lipinski definition) is 4. The fourth-order valence-electron chi connectivity index (χ4n) is 3.07. The van der Waals surface area contributed by atoms with Crippen LogP contribution in [0.2, 0.25) is 0 Å². The number of benzene rings is 2. The summed E-state index contributed by atoms with van der Waals surface area (Å²) in [7, 11) is 0. The lowest BCUT2D eigenvalue weighted by Gasteiger charge is -2.09. The largest absolute Gasteiger partial charge is 0.325 e. The zero-order valence-corrected chi connectivity index (χ0v) is 17.5. The molecule has 0 aliphatic heterocycles. The van der Waals surface area contributed by atoms with Gasteiger partial charge in [-0.15, -0.1) is 0 Å². The Morgan fingerprint density at radius 3 is 2.59 bits per heavy atom. The summed E-state index contributed by atoms with van der Waals surface area (Å²) in [6.45, 7) is 6.07. The van der Waals surface area contributed by atoms with Crippen molar-refractivity contribution in [3.8, 4) is 11.3 Å². The van der Waals surface area contributed by atoms with E-state index in [2.05, 4.69) is 46.6 Å². The minimum absolute atomic E-state index is 0.0502. The summed E-state index contributed by atoms with van der Waals surface area (Å²) < 4.78 is 1.81. The van der Waals surface area contributed by atoms with Gasteiger partial charge in [0.2, 0.25) is 5.91 Å². The number of fused-ring (bicyclic) bond motifs is 1. The number of anilines is 1. The first-order valence-corrected chi connectivity index (χ1v) is 10.4. The van der Waals surface area contributed by atoms with Gasteiger partial charge < -0.3 is 5.32 Å². The summed E-state index contributed by atoms with van der Waals surface area (Å²) >= 11 is 1.41. The molecule has 0 radical (unpaired) electrons. The van der Waals surface area contributed by atoms with Gasteiger partial charge in [-0.2, -0.15) is 5.10 Å². The molecule has 1 amide bonds. The highest BCUT2D eigenvalue weighted by Gasteiger charge is 2.12. The average molecular weight is 403 g/mol. The van der Waals surface area contributed by atoms with Crippen LogP contribution in [0.15, 0.2) is 66.0 Å². The van der Waals surface area contributed by atoms with Crippen LogP contribution >= 0.6 is 11.8 Å². The monoisotopic (exact) mass is 402 g/mol. The van der Waals surface area contributed by atoms with Gasteiger partial charge in [0, 0.05) is 23.6 Å². The quantitative estimate of drug-likeness (QED) is 0.475. The van der Waals surface area contributed by atoms with Gasteiger partial charge >= 0.3 is 0 Å². The third-order valence-electron chi connectivity index (χ3n) is 4.71. The maximum Gasteiger partial charge on any atom is 0.234 e. The van der Waals surface area contributed by atoms with Crippen molar-refractivity contribution in [3.63, 3.8) is 0 Å². The number of nitrogens with one attached hydrogen (secondary N) is 1. The molecule has 4 aromatic rings. The number of carbonyl (C=O) groups excluding carboxylic acids is 1. The van der Waals surface area contributed by atoms with E-state index < -0.39 is 0 Å². The molecule has 0 aliphatic rings. The van der Waals surface area contributed by atoms with Crippen molar-refractivity contribution >= 4 is 28.9 Å². The highest BCUT2D eigenvalue weighted by molar-refractivity contribution is 8.00. The third-order valence-corrected chi connectivity index (χ3v) is 5.70. The predicted octanol–water partition coefficient (Wildman–Crippen LogP) is 5.05. The molecule has 0 aliphatic carbocycles. The van der Waals surface area contributed by atoms with Gasteiger partial charge in [0.15, 0.2) is 0 Å². The summed E-state index contributed by atoms with van der Waals surface area (Å²) in [5.74, 6) is 0.233. The molecule has 1 N–H and O–H groups in total. The molecule has 0 atom stereocenters. The van der Waals surface area contributed by atoms with Crippen molar-refractivity contribution in [1.29, 1.82) is 0 Å². The smallest absolute Gasteiger partial charge is 0.234 e. The minimum Gasteiger partial charge on any atom is -0.325 e. The molecule has 2 heterocycles. The first-order chi connectivity index (χ1) is 14.0. The van der Waals surface area contributed by atoms with E-state index in [4.69, 9.17) is 0 Å². The Morgan fingerprint density at radius 2 is 1.79 bits per heavy atom. The summed E-state index contributed by atoms with van der Waals surface area (Å²) in [4.78, 5) is 16.9. The number of nitrogens with zero attached hydrogens (tertiary/aromatic N) is 3. The predicted molar refractivity (Wildman–Crippen MR) is 118 cm³/mol. The van der Waals surface area contributed by atoms with E-state index in [1.165, 1.54) is 17.3 Å². The Morgan fingerprint density at radius 1 is 1.03 bits per heavy atom. The SMILES string of the molecule is Cc1ccc(-c2cc3c(SCC(=O)Nc4cc(C)ccc4C)nccn3n2)cc1. The van der Waals surface area contributed by atoms with Crippen molar-refractivity contribution in [1.82, 2.24) is 14.6 Å². The van der Waals surface area contributed by atoms with Crippen molar-refractivity contribution < 1.29 is 4.79 Å². The van der Waals surface area contributed by atoms with Crippen LogP contribution in [0.25, 0.3) is 16.8 Å². The van der Waals surface area contributed by atoms with Crippen molar-refractivity contribution in [2.45, 2.75) is 25.8 Å². The van der Waals surface area contributed by atoms with E-state index in [-0.39, 0.29) is 11.7 Å². The zero-order chi connectivity index (χ0) is 20.4. The normalized spacial score (nSPS) is 11.0. The Labute approximate surface area is 174 Å². The Hall–Kier alpha value is -3.12. The molecule has 29 heavy (non-hydrogen) atoms. The molecular formula is C23H22N4OS. The molecular weight excluding hydrogens is 380 g/mol. The third kappa shape index (κ3) is 4.32. The second-order valence-electron chi connectivity index (χ2n) is 7.11. The number of aryl methyl sites for hydroxylation is 3. The molecule has 0 unspecified atom stereocenters. The van der Waals surface area contributed by atoms with Crippen molar-refractivity contribution in [2.75, 3.05) is 11.1 Å². The van der Waals surface area contributed by atoms with Gasteiger partial charge in [0.25, 0.3) is 0 Å². The van der Waals surface area contributed by atoms with Crippen LogP contribution in [0.1, 0.15) is 16.7 Å². The summed E-state index contributed by atoms with van der Waals surface area (Å²) in [6, 6.07) is 16.3. The molecule has 2 aromatic heterocycles. The highest BCUT2D eigenvalue weighted by atomic mass is 32.2.